The molecule has 1 amide bonds. The fraction of sp³-hybridized carbons (Fsp3) is 0.559. The predicted octanol–water partition coefficient (Wildman–Crippen LogP) is 6.78. The molecule has 4 N–H and O–H groups in total. The van der Waals surface area contributed by atoms with Crippen LogP contribution in [0.4, 0.5) is 16.6 Å². The Hall–Kier alpha value is -3.95. The van der Waals surface area contributed by atoms with E-state index in [4.69, 9.17) is 20.7 Å². The van der Waals surface area contributed by atoms with Gasteiger partial charge in [0.05, 0.1) is 6.04 Å². The Kier molecular flexibility index (Phi) is 8.86. The van der Waals surface area contributed by atoms with Crippen molar-refractivity contribution >= 4 is 34.9 Å². The smallest absolute Gasteiger partial charge is 0.433 e. The molecule has 6 rings (SSSR count). The summed E-state index contributed by atoms with van der Waals surface area (Å²) in [6.45, 7) is 10.3. The fourth-order valence-electron chi connectivity index (χ4n) is 7.30. The lowest BCUT2D eigenvalue weighted by Crippen LogP contribution is -2.38. The van der Waals surface area contributed by atoms with Crippen LogP contribution in [0.2, 0.25) is 0 Å². The summed E-state index contributed by atoms with van der Waals surface area (Å²) in [6.07, 6.45) is 11.0. The summed E-state index contributed by atoms with van der Waals surface area (Å²) in [6, 6.07) is 11.1. The maximum Gasteiger partial charge on any atom is 0.433 e. The third-order valence-corrected chi connectivity index (χ3v) is 10.2. The number of carboxylic acid groups (broad SMARTS) is 1. The van der Waals surface area contributed by atoms with Gasteiger partial charge in [0.25, 0.3) is 0 Å². The number of rotatable bonds is 9. The van der Waals surface area contributed by atoms with Gasteiger partial charge in [0.1, 0.15) is 5.52 Å². The highest BCUT2D eigenvalue weighted by Gasteiger charge is 2.34. The summed E-state index contributed by atoms with van der Waals surface area (Å²) in [7, 11) is 0. The third-order valence-electron chi connectivity index (χ3n) is 10.2. The number of anilines is 2. The lowest BCUT2D eigenvalue weighted by molar-refractivity contribution is 0.205. The van der Waals surface area contributed by atoms with E-state index in [1.807, 2.05) is 0 Å². The number of nitrogens with zero attached hydrogens (tertiary/aromatic N) is 6. The Balaban J connectivity index is 1.50. The molecule has 3 unspecified atom stereocenters. The largest absolute Gasteiger partial charge is 0.463 e. The highest BCUT2D eigenvalue weighted by Crippen LogP contribution is 2.41. The zero-order valence-corrected chi connectivity index (χ0v) is 26.0. The highest BCUT2D eigenvalue weighted by atomic mass is 16.4. The van der Waals surface area contributed by atoms with E-state index in [0.29, 0.717) is 35.1 Å². The maximum absolute atomic E-state index is 11.4. The van der Waals surface area contributed by atoms with E-state index in [2.05, 4.69) is 76.6 Å². The van der Waals surface area contributed by atoms with Gasteiger partial charge < -0.3 is 25.6 Å². The van der Waals surface area contributed by atoms with Crippen LogP contribution in [0.1, 0.15) is 89.1 Å². The SMILES string of the molecule is C=CC1CCC(Cn2c(N3CCC(C)CC3c3ccccc3)nc3nc(C(N)=NC(=O)O)nc(NC(C)C4CCC4)c32)CC1. The molecular weight excluding hydrogens is 552 g/mol. The van der Waals surface area contributed by atoms with Crippen LogP contribution >= 0.6 is 0 Å². The topological polar surface area (TPSA) is 135 Å². The molecule has 0 spiro atoms. The number of allylic oxidation sites excluding steroid dienone is 1. The molecule has 44 heavy (non-hydrogen) atoms. The van der Waals surface area contributed by atoms with Crippen molar-refractivity contribution in [2.75, 3.05) is 16.8 Å². The van der Waals surface area contributed by atoms with Crippen LogP contribution in [-0.4, -0.2) is 49.1 Å². The molecule has 1 aliphatic heterocycles. The number of hydrogen-bond acceptors (Lipinski definition) is 6. The van der Waals surface area contributed by atoms with Crippen molar-refractivity contribution in [3.05, 3.63) is 54.4 Å². The van der Waals surface area contributed by atoms with E-state index in [1.54, 1.807) is 0 Å². The normalized spacial score (nSPS) is 25.4. The number of carbonyl (C=O) groups is 1. The number of aromatic nitrogens is 4. The van der Waals surface area contributed by atoms with Gasteiger partial charge in [0, 0.05) is 19.1 Å². The van der Waals surface area contributed by atoms with Gasteiger partial charge in [-0.15, -0.1) is 6.58 Å². The minimum Gasteiger partial charge on any atom is -0.463 e. The monoisotopic (exact) mass is 598 g/mol. The average Bonchev–Trinajstić information content (AvgIpc) is 3.34. The number of nitrogens with two attached hydrogens (primary N) is 1. The van der Waals surface area contributed by atoms with Crippen molar-refractivity contribution < 1.29 is 9.90 Å². The molecule has 2 aromatic heterocycles. The minimum absolute atomic E-state index is 0.0813. The average molecular weight is 599 g/mol. The summed E-state index contributed by atoms with van der Waals surface area (Å²) in [5, 5.41) is 13.0. The Labute approximate surface area is 259 Å². The summed E-state index contributed by atoms with van der Waals surface area (Å²) in [5.74, 6) is 3.63. The molecule has 2 saturated carbocycles. The first-order chi connectivity index (χ1) is 21.3. The van der Waals surface area contributed by atoms with Gasteiger partial charge >= 0.3 is 6.09 Å². The molecule has 3 heterocycles. The lowest BCUT2D eigenvalue weighted by Gasteiger charge is -2.40. The zero-order chi connectivity index (χ0) is 30.8. The Morgan fingerprint density at radius 2 is 1.89 bits per heavy atom. The van der Waals surface area contributed by atoms with Crippen LogP contribution in [0, 0.1) is 23.7 Å². The molecule has 1 aromatic carbocycles. The highest BCUT2D eigenvalue weighted by molar-refractivity contribution is 6.01. The molecule has 1 saturated heterocycles. The van der Waals surface area contributed by atoms with Gasteiger partial charge in [-0.1, -0.05) is 49.8 Å². The van der Waals surface area contributed by atoms with Gasteiger partial charge in [-0.3, -0.25) is 0 Å². The summed E-state index contributed by atoms with van der Waals surface area (Å²) in [4.78, 5) is 32.2. The number of amides is 1. The Bertz CT molecular complexity index is 1510. The molecule has 3 fully saturated rings. The number of nitrogens with one attached hydrogen (secondary N) is 1. The van der Waals surface area contributed by atoms with E-state index in [-0.39, 0.29) is 23.7 Å². The molecule has 10 heteroatoms. The van der Waals surface area contributed by atoms with Gasteiger partial charge in [0.2, 0.25) is 5.95 Å². The summed E-state index contributed by atoms with van der Waals surface area (Å²) < 4.78 is 2.35. The second-order valence-corrected chi connectivity index (χ2v) is 13.3. The van der Waals surface area contributed by atoms with Crippen LogP contribution < -0.4 is 16.0 Å². The molecular formula is C34H46N8O2. The van der Waals surface area contributed by atoms with Crippen LogP contribution in [0.15, 0.2) is 48.0 Å². The van der Waals surface area contributed by atoms with Crippen LogP contribution in [0.3, 0.4) is 0 Å². The molecule has 0 bridgehead atoms. The number of piperidine rings is 1. The molecule has 10 nitrogen and oxygen atoms in total. The molecule has 3 aliphatic rings. The van der Waals surface area contributed by atoms with E-state index >= 15 is 0 Å². The van der Waals surface area contributed by atoms with Crippen molar-refractivity contribution in [3.8, 4) is 0 Å². The van der Waals surface area contributed by atoms with Crippen molar-refractivity contribution in [2.45, 2.75) is 90.3 Å². The fourth-order valence-corrected chi connectivity index (χ4v) is 7.30. The first kappa shape index (κ1) is 30.1. The molecule has 0 radical (unpaired) electrons. The second-order valence-electron chi connectivity index (χ2n) is 13.3. The van der Waals surface area contributed by atoms with Crippen molar-refractivity contribution in [3.63, 3.8) is 0 Å². The van der Waals surface area contributed by atoms with Crippen molar-refractivity contribution in [1.82, 2.24) is 19.5 Å². The van der Waals surface area contributed by atoms with E-state index in [0.717, 1.165) is 63.1 Å². The van der Waals surface area contributed by atoms with Crippen LogP contribution in [0.25, 0.3) is 11.2 Å². The molecule has 3 aromatic rings. The Morgan fingerprint density at radius 3 is 2.55 bits per heavy atom. The van der Waals surface area contributed by atoms with Crippen molar-refractivity contribution in [1.29, 1.82) is 0 Å². The maximum atomic E-state index is 11.4. The zero-order valence-electron chi connectivity index (χ0n) is 26.0. The van der Waals surface area contributed by atoms with Gasteiger partial charge in [-0.05, 0) is 87.5 Å². The van der Waals surface area contributed by atoms with E-state index in [9.17, 15) is 9.90 Å². The molecule has 3 atom stereocenters. The van der Waals surface area contributed by atoms with Gasteiger partial charge in [-0.25, -0.2) is 14.8 Å². The quantitative estimate of drug-likeness (QED) is 0.139. The van der Waals surface area contributed by atoms with Gasteiger partial charge in [-0.2, -0.15) is 9.98 Å². The number of imidazole rings is 1. The summed E-state index contributed by atoms with van der Waals surface area (Å²) in [5.41, 5.74) is 8.78. The first-order valence-corrected chi connectivity index (χ1v) is 16.4. The number of aliphatic imine (C=N–C) groups is 1. The standard InChI is InChI=1S/C34H46N8O2/c1-4-23-13-15-24(16-14-23)20-42-28-30(36-22(3)25-11-8-12-25)38-32(29(35)37-34(43)44)39-31(28)40-33(42)41-18-17-21(2)19-27(41)26-9-6-5-7-10-26/h4-7,9-10,21-25,27H,1,8,11-20H2,2-3H3,(H2,35,37)(H,43,44)(H,36,38,39). The predicted molar refractivity (Wildman–Crippen MR) is 175 cm³/mol. The number of hydrogen-bond donors (Lipinski definition) is 3. The van der Waals surface area contributed by atoms with Crippen LogP contribution in [-0.2, 0) is 6.54 Å². The van der Waals surface area contributed by atoms with E-state index < -0.39 is 6.09 Å². The number of benzene rings is 1. The molecule has 2 aliphatic carbocycles. The summed E-state index contributed by atoms with van der Waals surface area (Å²) >= 11 is 0. The Morgan fingerprint density at radius 1 is 1.14 bits per heavy atom. The first-order valence-electron chi connectivity index (χ1n) is 16.4. The van der Waals surface area contributed by atoms with Gasteiger partial charge in [0.15, 0.2) is 23.1 Å². The second kappa shape index (κ2) is 13.0. The van der Waals surface area contributed by atoms with Crippen molar-refractivity contribution in [2.24, 2.45) is 34.4 Å². The third kappa shape index (κ3) is 6.30. The molecule has 234 valence electrons. The van der Waals surface area contributed by atoms with Crippen LogP contribution in [0.5, 0.6) is 0 Å². The lowest BCUT2D eigenvalue weighted by atomic mass is 9.80. The minimum atomic E-state index is -1.38. The number of fused-ring (bicyclic) bond motifs is 1. The number of amidine groups is 1. The van der Waals surface area contributed by atoms with E-state index in [1.165, 1.54) is 24.8 Å².